The lowest BCUT2D eigenvalue weighted by Gasteiger charge is -2.16. The summed E-state index contributed by atoms with van der Waals surface area (Å²) in [7, 11) is -2.77. The molecule has 1 atom stereocenters. The molecule has 2 rings (SSSR count). The number of carbonyl (C=O) groups is 3. The first-order valence-corrected chi connectivity index (χ1v) is 11.3. The third kappa shape index (κ3) is 6.63. The van der Waals surface area contributed by atoms with Crippen molar-refractivity contribution < 1.29 is 37.0 Å². The zero-order valence-electron chi connectivity index (χ0n) is 18.0. The Morgan fingerprint density at radius 2 is 1.66 bits per heavy atom. The molecule has 9 nitrogen and oxygen atoms in total. The highest BCUT2D eigenvalue weighted by Crippen LogP contribution is 2.22. The average molecular weight is 464 g/mol. The Balaban J connectivity index is 2.19. The van der Waals surface area contributed by atoms with Crippen LogP contribution in [0.5, 0.6) is 0 Å². The van der Waals surface area contributed by atoms with Crippen LogP contribution in [0.2, 0.25) is 0 Å². The molecule has 172 valence electrons. The van der Waals surface area contributed by atoms with Crippen molar-refractivity contribution in [3.63, 3.8) is 0 Å². The molecule has 2 aromatic rings. The van der Waals surface area contributed by atoms with Crippen molar-refractivity contribution in [2.75, 3.05) is 18.4 Å². The van der Waals surface area contributed by atoms with E-state index in [1.807, 2.05) is 0 Å². The Morgan fingerprint density at radius 3 is 2.25 bits per heavy atom. The van der Waals surface area contributed by atoms with Gasteiger partial charge in [0.25, 0.3) is 10.0 Å². The molecule has 0 aliphatic heterocycles. The number of ketones is 1. The zero-order valence-corrected chi connectivity index (χ0v) is 18.8. The van der Waals surface area contributed by atoms with Gasteiger partial charge in [-0.15, -0.1) is 0 Å². The lowest BCUT2D eigenvalue weighted by atomic mass is 10.1. The Labute approximate surface area is 186 Å². The minimum atomic E-state index is -4.15. The summed E-state index contributed by atoms with van der Waals surface area (Å²) in [5.41, 5.74) is 0.260. The van der Waals surface area contributed by atoms with Crippen LogP contribution in [0.25, 0.3) is 0 Å². The second-order valence-corrected chi connectivity index (χ2v) is 8.21. The van der Waals surface area contributed by atoms with Crippen molar-refractivity contribution in [2.24, 2.45) is 0 Å². The first kappa shape index (κ1) is 25.0. The van der Waals surface area contributed by atoms with Crippen molar-refractivity contribution in [1.29, 1.82) is 0 Å². The van der Waals surface area contributed by atoms with Crippen molar-refractivity contribution in [2.45, 2.75) is 37.9 Å². The number of nitrogens with one attached hydrogen (secondary N) is 1. The van der Waals surface area contributed by atoms with E-state index in [2.05, 4.69) is 4.72 Å². The molecular weight excluding hydrogens is 438 g/mol. The maximum atomic E-state index is 12.9. The van der Waals surface area contributed by atoms with E-state index in [4.69, 9.17) is 14.2 Å². The molecule has 0 aliphatic carbocycles. The molecule has 0 saturated carbocycles. The fraction of sp³-hybridized carbons (Fsp3) is 0.318. The van der Waals surface area contributed by atoms with Crippen LogP contribution in [0.4, 0.5) is 5.69 Å². The van der Waals surface area contributed by atoms with Crippen LogP contribution in [0.3, 0.4) is 0 Å². The highest BCUT2D eigenvalue weighted by molar-refractivity contribution is 7.92. The van der Waals surface area contributed by atoms with Crippen molar-refractivity contribution in [1.82, 2.24) is 0 Å². The fourth-order valence-corrected chi connectivity index (χ4v) is 3.99. The number of carbonyl (C=O) groups excluding carboxylic acids is 3. The highest BCUT2D eigenvalue weighted by atomic mass is 32.2. The Bertz CT molecular complexity index is 1060. The summed E-state index contributed by atoms with van der Waals surface area (Å²) in [6.07, 6.45) is -0.809. The SMILES string of the molecule is CCOC(=O)CC(=O)c1ccc(NS(=O)(=O)c2ccccc2C(=O)OC(CC)OC)cc1. The van der Waals surface area contributed by atoms with Gasteiger partial charge in [0.1, 0.15) is 11.3 Å². The summed E-state index contributed by atoms with van der Waals surface area (Å²) in [6, 6.07) is 11.2. The molecule has 0 heterocycles. The molecule has 0 spiro atoms. The number of Topliss-reactive ketones (excluding diaryl/α,β-unsaturated/α-hetero) is 1. The van der Waals surface area contributed by atoms with Crippen LogP contribution in [-0.2, 0) is 29.0 Å². The maximum absolute atomic E-state index is 12.9. The third-order valence-corrected chi connectivity index (χ3v) is 5.74. The first-order chi connectivity index (χ1) is 15.2. The van der Waals surface area contributed by atoms with E-state index in [1.165, 1.54) is 55.6 Å². The van der Waals surface area contributed by atoms with E-state index in [0.717, 1.165) is 0 Å². The highest BCUT2D eigenvalue weighted by Gasteiger charge is 2.25. The van der Waals surface area contributed by atoms with Gasteiger partial charge in [0.05, 0.1) is 12.2 Å². The van der Waals surface area contributed by atoms with Gasteiger partial charge in [-0.3, -0.25) is 14.3 Å². The molecule has 0 bridgehead atoms. The summed E-state index contributed by atoms with van der Waals surface area (Å²) in [4.78, 5) is 35.8. The topological polar surface area (TPSA) is 125 Å². The number of rotatable bonds is 11. The molecule has 32 heavy (non-hydrogen) atoms. The first-order valence-electron chi connectivity index (χ1n) is 9.86. The van der Waals surface area contributed by atoms with Crippen LogP contribution in [0.1, 0.15) is 47.4 Å². The summed E-state index contributed by atoms with van der Waals surface area (Å²) >= 11 is 0. The van der Waals surface area contributed by atoms with Gasteiger partial charge in [-0.05, 0) is 43.3 Å². The van der Waals surface area contributed by atoms with Crippen LogP contribution in [0.15, 0.2) is 53.4 Å². The van der Waals surface area contributed by atoms with E-state index >= 15 is 0 Å². The number of methoxy groups -OCH3 is 1. The Hall–Kier alpha value is -3.24. The van der Waals surface area contributed by atoms with Crippen LogP contribution >= 0.6 is 0 Å². The number of benzene rings is 2. The molecule has 0 aliphatic rings. The Morgan fingerprint density at radius 1 is 1.00 bits per heavy atom. The molecule has 2 aromatic carbocycles. The normalized spacial score (nSPS) is 12.0. The number of anilines is 1. The molecule has 0 saturated heterocycles. The van der Waals surface area contributed by atoms with E-state index in [1.54, 1.807) is 13.8 Å². The van der Waals surface area contributed by atoms with Gasteiger partial charge >= 0.3 is 11.9 Å². The van der Waals surface area contributed by atoms with Gasteiger partial charge in [-0.2, -0.15) is 0 Å². The van der Waals surface area contributed by atoms with E-state index in [-0.39, 0.29) is 28.3 Å². The van der Waals surface area contributed by atoms with Gasteiger partial charge in [0, 0.05) is 24.8 Å². The van der Waals surface area contributed by atoms with Crippen molar-refractivity contribution in [3.8, 4) is 0 Å². The van der Waals surface area contributed by atoms with Crippen molar-refractivity contribution in [3.05, 3.63) is 59.7 Å². The number of ether oxygens (including phenoxy) is 3. The largest absolute Gasteiger partial charge is 0.466 e. The zero-order chi connectivity index (χ0) is 23.7. The number of esters is 2. The van der Waals surface area contributed by atoms with E-state index in [9.17, 15) is 22.8 Å². The maximum Gasteiger partial charge on any atom is 0.341 e. The molecule has 0 radical (unpaired) electrons. The van der Waals surface area contributed by atoms with E-state index in [0.29, 0.717) is 6.42 Å². The Kier molecular flexibility index (Phi) is 8.91. The van der Waals surface area contributed by atoms with Gasteiger partial charge in [-0.25, -0.2) is 13.2 Å². The molecular formula is C22H25NO8S. The molecule has 1 unspecified atom stereocenters. The predicted molar refractivity (Wildman–Crippen MR) is 116 cm³/mol. The second kappa shape index (κ2) is 11.4. The fourth-order valence-electron chi connectivity index (χ4n) is 2.73. The molecule has 0 fully saturated rings. The van der Waals surface area contributed by atoms with Gasteiger partial charge in [0.15, 0.2) is 5.78 Å². The number of hydrogen-bond acceptors (Lipinski definition) is 8. The smallest absolute Gasteiger partial charge is 0.341 e. The quantitative estimate of drug-likeness (QED) is 0.233. The minimum Gasteiger partial charge on any atom is -0.466 e. The molecule has 1 N–H and O–H groups in total. The van der Waals surface area contributed by atoms with Crippen LogP contribution in [-0.4, -0.2) is 46.1 Å². The summed E-state index contributed by atoms with van der Waals surface area (Å²) in [6.45, 7) is 3.57. The number of sulfonamides is 1. The number of hydrogen-bond donors (Lipinski definition) is 1. The molecule has 10 heteroatoms. The summed E-state index contributed by atoms with van der Waals surface area (Å²) in [5.74, 6) is -1.92. The van der Waals surface area contributed by atoms with Crippen molar-refractivity contribution >= 4 is 33.4 Å². The summed E-state index contributed by atoms with van der Waals surface area (Å²) in [5, 5.41) is 0. The lowest BCUT2D eigenvalue weighted by Crippen LogP contribution is -2.22. The monoisotopic (exact) mass is 463 g/mol. The van der Waals surface area contributed by atoms with Crippen LogP contribution in [0, 0.1) is 0 Å². The third-order valence-electron chi connectivity index (χ3n) is 4.30. The average Bonchev–Trinajstić information content (AvgIpc) is 2.77. The van der Waals surface area contributed by atoms with Gasteiger partial charge in [-0.1, -0.05) is 19.1 Å². The lowest BCUT2D eigenvalue weighted by molar-refractivity contribution is -0.141. The molecule has 0 aromatic heterocycles. The minimum absolute atomic E-state index is 0.142. The molecule has 0 amide bonds. The second-order valence-electron chi connectivity index (χ2n) is 6.56. The van der Waals surface area contributed by atoms with Crippen LogP contribution < -0.4 is 4.72 Å². The van der Waals surface area contributed by atoms with Gasteiger partial charge < -0.3 is 14.2 Å². The van der Waals surface area contributed by atoms with E-state index < -0.39 is 40.5 Å². The van der Waals surface area contributed by atoms with Gasteiger partial charge in [0.2, 0.25) is 6.29 Å². The predicted octanol–water partition coefficient (Wildman–Crippen LogP) is 3.16. The summed E-state index contributed by atoms with van der Waals surface area (Å²) < 4.78 is 43.1. The standard InChI is InChI=1S/C22H25NO8S/c1-4-21(29-3)31-22(26)17-8-6-7-9-19(17)32(27,28)23-16-12-10-15(11-13-16)18(24)14-20(25)30-5-2/h6-13,21,23H,4-5,14H2,1-3H3.